The zero-order chi connectivity index (χ0) is 15.2. The third kappa shape index (κ3) is 4.05. The number of pyridine rings is 1. The van der Waals surface area contributed by atoms with Crippen LogP contribution >= 0.6 is 0 Å². The molecule has 0 amide bonds. The Morgan fingerprint density at radius 3 is 2.52 bits per heavy atom. The fraction of sp³-hybridized carbons (Fsp3) is 0.294. The van der Waals surface area contributed by atoms with Gasteiger partial charge in [-0.3, -0.25) is 9.78 Å². The third-order valence-electron chi connectivity index (χ3n) is 3.07. The van der Waals surface area contributed by atoms with Gasteiger partial charge in [-0.2, -0.15) is 0 Å². The van der Waals surface area contributed by atoms with Crippen molar-refractivity contribution in [2.75, 3.05) is 0 Å². The van der Waals surface area contributed by atoms with Gasteiger partial charge in [0.15, 0.2) is 0 Å². The van der Waals surface area contributed by atoms with Crippen molar-refractivity contribution in [1.82, 2.24) is 4.98 Å². The second-order valence-electron chi connectivity index (χ2n) is 5.13. The largest absolute Gasteiger partial charge is 0.489 e. The van der Waals surface area contributed by atoms with Crippen LogP contribution < -0.4 is 4.74 Å². The quantitative estimate of drug-likeness (QED) is 0.884. The van der Waals surface area contributed by atoms with Gasteiger partial charge < -0.3 is 9.84 Å². The molecular formula is C17H19NO3. The van der Waals surface area contributed by atoms with E-state index in [2.05, 4.69) is 4.98 Å². The van der Waals surface area contributed by atoms with Crippen molar-refractivity contribution >= 4 is 5.97 Å². The van der Waals surface area contributed by atoms with Gasteiger partial charge >= 0.3 is 5.97 Å². The number of aromatic nitrogens is 1. The smallest absolute Gasteiger partial charge is 0.313 e. The first kappa shape index (κ1) is 15.0. The Bertz CT molecular complexity index is 596. The Hall–Kier alpha value is -2.36. The van der Waals surface area contributed by atoms with Crippen molar-refractivity contribution in [2.45, 2.75) is 32.3 Å². The van der Waals surface area contributed by atoms with Gasteiger partial charge in [-0.05, 0) is 38.0 Å². The van der Waals surface area contributed by atoms with E-state index in [1.165, 1.54) is 0 Å². The molecule has 1 unspecified atom stereocenters. The number of carbonyl (C=O) groups is 1. The van der Waals surface area contributed by atoms with Gasteiger partial charge in [0.2, 0.25) is 0 Å². The molecule has 0 saturated heterocycles. The Morgan fingerprint density at radius 1 is 1.19 bits per heavy atom. The highest BCUT2D eigenvalue weighted by Gasteiger charge is 2.25. The molecule has 1 aromatic heterocycles. The van der Waals surface area contributed by atoms with E-state index in [9.17, 15) is 9.90 Å². The molecular weight excluding hydrogens is 266 g/mol. The molecule has 2 rings (SSSR count). The number of hydrogen-bond donors (Lipinski definition) is 1. The van der Waals surface area contributed by atoms with E-state index in [-0.39, 0.29) is 6.10 Å². The summed E-state index contributed by atoms with van der Waals surface area (Å²) in [5.74, 6) is -1.08. The number of benzene rings is 1. The minimum Gasteiger partial charge on any atom is -0.489 e. The maximum atomic E-state index is 11.6. The van der Waals surface area contributed by atoms with Gasteiger partial charge in [0, 0.05) is 6.20 Å². The molecule has 0 aliphatic heterocycles. The molecule has 0 bridgehead atoms. The van der Waals surface area contributed by atoms with Gasteiger partial charge in [-0.1, -0.05) is 30.3 Å². The van der Waals surface area contributed by atoms with Crippen LogP contribution in [0.5, 0.6) is 5.75 Å². The Labute approximate surface area is 124 Å². The van der Waals surface area contributed by atoms with E-state index in [4.69, 9.17) is 4.74 Å². The topological polar surface area (TPSA) is 59.4 Å². The molecule has 21 heavy (non-hydrogen) atoms. The fourth-order valence-corrected chi connectivity index (χ4v) is 2.17. The van der Waals surface area contributed by atoms with Crippen LogP contribution in [0, 0.1) is 0 Å². The van der Waals surface area contributed by atoms with Crippen molar-refractivity contribution in [1.29, 1.82) is 0 Å². The highest BCUT2D eigenvalue weighted by Crippen LogP contribution is 2.28. The summed E-state index contributed by atoms with van der Waals surface area (Å²) < 4.78 is 5.69. The predicted octanol–water partition coefficient (Wildman–Crippen LogP) is 3.28. The van der Waals surface area contributed by atoms with Gasteiger partial charge in [-0.25, -0.2) is 0 Å². The molecule has 1 atom stereocenters. The van der Waals surface area contributed by atoms with Gasteiger partial charge in [-0.15, -0.1) is 0 Å². The maximum absolute atomic E-state index is 11.6. The van der Waals surface area contributed by atoms with E-state index in [1.807, 2.05) is 44.2 Å². The number of aliphatic carboxylic acids is 1. The summed E-state index contributed by atoms with van der Waals surface area (Å²) in [4.78, 5) is 15.9. The van der Waals surface area contributed by atoms with Crippen LogP contribution in [-0.2, 0) is 11.2 Å². The van der Waals surface area contributed by atoms with Crippen molar-refractivity contribution in [2.24, 2.45) is 0 Å². The molecule has 0 fully saturated rings. The van der Waals surface area contributed by atoms with Crippen LogP contribution in [0.4, 0.5) is 0 Å². The summed E-state index contributed by atoms with van der Waals surface area (Å²) in [6, 6.07) is 13.1. The standard InChI is InChI=1S/C17H19NO3/c1-12(2)21-15-9-6-10-18-16(15)14(17(19)20)11-13-7-4-3-5-8-13/h3-10,12,14H,11H2,1-2H3,(H,19,20). The van der Waals surface area contributed by atoms with E-state index in [1.54, 1.807) is 18.3 Å². The van der Waals surface area contributed by atoms with Crippen LogP contribution in [-0.4, -0.2) is 22.2 Å². The first-order valence-electron chi connectivity index (χ1n) is 6.96. The van der Waals surface area contributed by atoms with Crippen LogP contribution in [0.3, 0.4) is 0 Å². The van der Waals surface area contributed by atoms with Crippen molar-refractivity contribution in [3.05, 3.63) is 59.9 Å². The summed E-state index contributed by atoms with van der Waals surface area (Å²) in [5, 5.41) is 9.55. The van der Waals surface area contributed by atoms with Gasteiger partial charge in [0.25, 0.3) is 0 Å². The minimum atomic E-state index is -0.897. The Morgan fingerprint density at radius 2 is 1.90 bits per heavy atom. The van der Waals surface area contributed by atoms with Crippen LogP contribution in [0.1, 0.15) is 31.0 Å². The first-order valence-corrected chi connectivity index (χ1v) is 6.96. The summed E-state index contributed by atoms with van der Waals surface area (Å²) in [7, 11) is 0. The average molecular weight is 285 g/mol. The molecule has 4 nitrogen and oxygen atoms in total. The molecule has 0 aliphatic rings. The zero-order valence-corrected chi connectivity index (χ0v) is 12.2. The molecule has 1 heterocycles. The summed E-state index contributed by atoms with van der Waals surface area (Å²) in [6.07, 6.45) is 1.96. The van der Waals surface area contributed by atoms with Gasteiger partial charge in [0.1, 0.15) is 11.7 Å². The maximum Gasteiger partial charge on any atom is 0.313 e. The van der Waals surface area contributed by atoms with E-state index >= 15 is 0 Å². The number of carboxylic acid groups (broad SMARTS) is 1. The summed E-state index contributed by atoms with van der Waals surface area (Å²) >= 11 is 0. The van der Waals surface area contributed by atoms with Crippen molar-refractivity contribution in [3.63, 3.8) is 0 Å². The molecule has 4 heteroatoms. The molecule has 0 radical (unpaired) electrons. The predicted molar refractivity (Wildman–Crippen MR) is 80.5 cm³/mol. The molecule has 0 spiro atoms. The summed E-state index contributed by atoms with van der Waals surface area (Å²) in [6.45, 7) is 3.81. The number of ether oxygens (including phenoxy) is 1. The van der Waals surface area contributed by atoms with E-state index < -0.39 is 11.9 Å². The van der Waals surface area contributed by atoms with E-state index in [0.717, 1.165) is 5.56 Å². The lowest BCUT2D eigenvalue weighted by Gasteiger charge is -2.18. The molecule has 1 N–H and O–H groups in total. The van der Waals surface area contributed by atoms with Gasteiger partial charge in [0.05, 0.1) is 11.8 Å². The molecule has 2 aromatic rings. The molecule has 110 valence electrons. The molecule has 0 saturated carbocycles. The zero-order valence-electron chi connectivity index (χ0n) is 12.2. The highest BCUT2D eigenvalue weighted by molar-refractivity contribution is 5.76. The fourth-order valence-electron chi connectivity index (χ4n) is 2.17. The monoisotopic (exact) mass is 285 g/mol. The Kier molecular flexibility index (Phi) is 4.93. The highest BCUT2D eigenvalue weighted by atomic mass is 16.5. The van der Waals surface area contributed by atoms with Crippen molar-refractivity contribution in [3.8, 4) is 5.75 Å². The lowest BCUT2D eigenvalue weighted by molar-refractivity contribution is -0.138. The average Bonchev–Trinajstić information content (AvgIpc) is 2.46. The first-order chi connectivity index (χ1) is 10.1. The second-order valence-corrected chi connectivity index (χ2v) is 5.13. The normalized spacial score (nSPS) is 12.1. The van der Waals surface area contributed by atoms with E-state index in [0.29, 0.717) is 17.9 Å². The third-order valence-corrected chi connectivity index (χ3v) is 3.07. The van der Waals surface area contributed by atoms with Crippen LogP contribution in [0.25, 0.3) is 0 Å². The molecule has 0 aliphatic carbocycles. The number of hydrogen-bond acceptors (Lipinski definition) is 3. The lowest BCUT2D eigenvalue weighted by Crippen LogP contribution is -2.18. The van der Waals surface area contributed by atoms with Crippen LogP contribution in [0.2, 0.25) is 0 Å². The summed E-state index contributed by atoms with van der Waals surface area (Å²) in [5.41, 5.74) is 1.44. The minimum absolute atomic E-state index is 0.0286. The Balaban J connectivity index is 2.32. The van der Waals surface area contributed by atoms with Crippen molar-refractivity contribution < 1.29 is 14.6 Å². The molecule has 1 aromatic carbocycles. The van der Waals surface area contributed by atoms with Crippen LogP contribution in [0.15, 0.2) is 48.7 Å². The number of nitrogens with zero attached hydrogens (tertiary/aromatic N) is 1. The second kappa shape index (κ2) is 6.88. The number of rotatable bonds is 6. The lowest BCUT2D eigenvalue weighted by atomic mass is 9.95. The number of carboxylic acids is 1. The SMILES string of the molecule is CC(C)Oc1cccnc1C(Cc1ccccc1)C(=O)O.